The van der Waals surface area contributed by atoms with Crippen LogP contribution >= 0.6 is 11.6 Å². The van der Waals surface area contributed by atoms with Gasteiger partial charge in [0.1, 0.15) is 11.6 Å². The molecule has 2 unspecified atom stereocenters. The Morgan fingerprint density at radius 1 is 1.26 bits per heavy atom. The van der Waals surface area contributed by atoms with Gasteiger partial charge in [0.05, 0.1) is 40.8 Å². The van der Waals surface area contributed by atoms with Crippen LogP contribution in [0.1, 0.15) is 47.0 Å². The van der Waals surface area contributed by atoms with Gasteiger partial charge in [-0.3, -0.25) is 14.4 Å². The van der Waals surface area contributed by atoms with Gasteiger partial charge in [-0.2, -0.15) is 0 Å². The second-order valence-electron chi connectivity index (χ2n) is 10.2. The largest absolute Gasteiger partial charge is 0.394 e. The molecule has 3 aliphatic rings. The van der Waals surface area contributed by atoms with Gasteiger partial charge < -0.3 is 25.4 Å². The number of hydrogen-bond acceptors (Lipinski definition) is 5. The van der Waals surface area contributed by atoms with E-state index in [1.54, 1.807) is 24.3 Å². The Kier molecular flexibility index (Phi) is 6.70. The number of carbonyl (C=O) groups excluding carboxylic acids is 3. The maximum absolute atomic E-state index is 14.0. The van der Waals surface area contributed by atoms with E-state index in [1.807, 2.05) is 27.7 Å². The Bertz CT molecular complexity index is 987. The minimum Gasteiger partial charge on any atom is -0.394 e. The molecule has 9 heteroatoms. The molecule has 1 aromatic rings. The van der Waals surface area contributed by atoms with Gasteiger partial charge in [-0.1, -0.05) is 44.5 Å². The number of fused-ring (bicyclic) bond motifs is 1. The predicted octanol–water partition coefficient (Wildman–Crippen LogP) is 2.59. The van der Waals surface area contributed by atoms with E-state index in [9.17, 15) is 19.5 Å². The van der Waals surface area contributed by atoms with Crippen molar-refractivity contribution in [3.05, 3.63) is 29.3 Å². The number of rotatable bonds is 8. The van der Waals surface area contributed by atoms with Gasteiger partial charge in [0.2, 0.25) is 17.7 Å². The van der Waals surface area contributed by atoms with E-state index in [1.165, 1.54) is 4.90 Å². The van der Waals surface area contributed by atoms with Crippen molar-refractivity contribution in [1.82, 2.24) is 10.2 Å². The molecule has 1 aromatic carbocycles. The molecule has 0 aliphatic carbocycles. The van der Waals surface area contributed by atoms with Gasteiger partial charge in [-0.15, -0.1) is 0 Å². The molecule has 6 atom stereocenters. The first-order chi connectivity index (χ1) is 16.1. The number of para-hydroxylation sites is 1. The van der Waals surface area contributed by atoms with Gasteiger partial charge in [-0.25, -0.2) is 0 Å². The highest BCUT2D eigenvalue weighted by Gasteiger charge is 2.78. The number of carbonyl (C=O) groups is 3. The van der Waals surface area contributed by atoms with E-state index >= 15 is 0 Å². The summed E-state index contributed by atoms with van der Waals surface area (Å²) < 4.78 is 6.56. The monoisotopic (exact) mass is 491 g/mol. The van der Waals surface area contributed by atoms with Crippen LogP contribution in [0.15, 0.2) is 24.3 Å². The van der Waals surface area contributed by atoms with Crippen molar-refractivity contribution >= 4 is 35.0 Å². The molecule has 0 radical (unpaired) electrons. The first kappa shape index (κ1) is 24.9. The number of halogens is 1. The fraction of sp³-hybridized carbons (Fsp3) is 0.640. The molecule has 0 saturated carbocycles. The van der Waals surface area contributed by atoms with E-state index in [-0.39, 0.29) is 24.3 Å². The number of anilines is 1. The summed E-state index contributed by atoms with van der Waals surface area (Å²) in [5, 5.41) is 16.4. The lowest BCUT2D eigenvalue weighted by atomic mass is 9.66. The summed E-state index contributed by atoms with van der Waals surface area (Å²) in [4.78, 5) is 42.5. The Morgan fingerprint density at radius 2 is 1.97 bits per heavy atom. The van der Waals surface area contributed by atoms with Crippen LogP contribution in [0.2, 0.25) is 5.02 Å². The van der Waals surface area contributed by atoms with Crippen molar-refractivity contribution in [3.8, 4) is 0 Å². The maximum Gasteiger partial charge on any atom is 0.250 e. The number of hydrogen-bond donors (Lipinski definition) is 3. The van der Waals surface area contributed by atoms with Crippen molar-refractivity contribution in [3.63, 3.8) is 0 Å². The number of benzene rings is 1. The first-order valence-corrected chi connectivity index (χ1v) is 12.5. The average Bonchev–Trinajstić information content (AvgIpc) is 3.35. The van der Waals surface area contributed by atoms with Crippen molar-refractivity contribution in [2.24, 2.45) is 17.8 Å². The molecule has 3 N–H and O–H groups in total. The standard InChI is InChI=1S/C25H34ClN3O5/c1-5-12-27-21(31)18-19-23(33)29(17(13-30)14(2)3)20(25(19)11-10-24(18,4)34-25)22(32)28-16-9-7-6-8-15(16)26/h6-9,14,17-20,30H,5,10-13H2,1-4H3,(H,27,31)(H,28,32)/t17-,18+,19-,20?,24-,25?/m0/s1. The zero-order chi connectivity index (χ0) is 24.8. The number of ether oxygens (including phenoxy) is 1. The minimum atomic E-state index is -1.15. The van der Waals surface area contributed by atoms with E-state index in [0.29, 0.717) is 30.1 Å². The fourth-order valence-electron chi connectivity index (χ4n) is 6.16. The minimum absolute atomic E-state index is 0.111. The van der Waals surface area contributed by atoms with Crippen LogP contribution in [0.25, 0.3) is 0 Å². The summed E-state index contributed by atoms with van der Waals surface area (Å²) >= 11 is 6.28. The summed E-state index contributed by atoms with van der Waals surface area (Å²) in [6, 6.07) is 5.31. The quantitative estimate of drug-likeness (QED) is 0.518. The third-order valence-electron chi connectivity index (χ3n) is 7.74. The van der Waals surface area contributed by atoms with Gasteiger partial charge in [-0.05, 0) is 44.2 Å². The number of aliphatic hydroxyl groups is 1. The summed E-state index contributed by atoms with van der Waals surface area (Å²) in [6.07, 6.45) is 1.82. The predicted molar refractivity (Wildman–Crippen MR) is 128 cm³/mol. The molecular weight excluding hydrogens is 458 g/mol. The van der Waals surface area contributed by atoms with Crippen LogP contribution in [0, 0.1) is 17.8 Å². The molecule has 34 heavy (non-hydrogen) atoms. The lowest BCUT2D eigenvalue weighted by Gasteiger charge is -2.38. The number of nitrogens with zero attached hydrogens (tertiary/aromatic N) is 1. The second-order valence-corrected chi connectivity index (χ2v) is 10.6. The maximum atomic E-state index is 14.0. The second kappa shape index (κ2) is 9.13. The van der Waals surface area contributed by atoms with Crippen LogP contribution < -0.4 is 10.6 Å². The lowest BCUT2D eigenvalue weighted by Crippen LogP contribution is -2.57. The van der Waals surface area contributed by atoms with Gasteiger partial charge in [0, 0.05) is 6.54 Å². The van der Waals surface area contributed by atoms with Crippen LogP contribution in [-0.2, 0) is 19.1 Å². The molecule has 0 aromatic heterocycles. The van der Waals surface area contributed by atoms with Crippen molar-refractivity contribution in [2.75, 3.05) is 18.5 Å². The van der Waals surface area contributed by atoms with Crippen molar-refractivity contribution in [2.45, 2.75) is 70.2 Å². The number of amides is 3. The highest BCUT2D eigenvalue weighted by molar-refractivity contribution is 6.33. The van der Waals surface area contributed by atoms with Crippen LogP contribution in [0.4, 0.5) is 5.69 Å². The third kappa shape index (κ3) is 3.71. The lowest BCUT2D eigenvalue weighted by molar-refractivity contribution is -0.149. The number of nitrogens with one attached hydrogen (secondary N) is 2. The average molecular weight is 492 g/mol. The van der Waals surface area contributed by atoms with Crippen LogP contribution in [0.5, 0.6) is 0 Å². The van der Waals surface area contributed by atoms with Crippen LogP contribution in [0.3, 0.4) is 0 Å². The zero-order valence-corrected chi connectivity index (χ0v) is 20.9. The molecule has 4 rings (SSSR count). The molecule has 3 saturated heterocycles. The Hall–Kier alpha value is -2.16. The molecule has 3 heterocycles. The topological polar surface area (TPSA) is 108 Å². The smallest absolute Gasteiger partial charge is 0.250 e. The van der Waals surface area contributed by atoms with Crippen molar-refractivity contribution in [1.29, 1.82) is 0 Å². The summed E-state index contributed by atoms with van der Waals surface area (Å²) in [5.41, 5.74) is -1.55. The molecule has 3 amide bonds. The van der Waals surface area contributed by atoms with Gasteiger partial charge >= 0.3 is 0 Å². The zero-order valence-electron chi connectivity index (χ0n) is 20.1. The molecule has 1 spiro atoms. The summed E-state index contributed by atoms with van der Waals surface area (Å²) in [7, 11) is 0. The Labute approximate surface area is 205 Å². The highest BCUT2D eigenvalue weighted by atomic mass is 35.5. The Balaban J connectivity index is 1.78. The Morgan fingerprint density at radius 3 is 2.59 bits per heavy atom. The molecule has 3 fully saturated rings. The fourth-order valence-corrected chi connectivity index (χ4v) is 6.35. The van der Waals surface area contributed by atoms with E-state index in [0.717, 1.165) is 6.42 Å². The summed E-state index contributed by atoms with van der Waals surface area (Å²) in [5.74, 6) is -2.57. The normalized spacial score (nSPS) is 32.7. The van der Waals surface area contributed by atoms with Gasteiger partial charge in [0.25, 0.3) is 0 Å². The van der Waals surface area contributed by atoms with E-state index in [4.69, 9.17) is 16.3 Å². The molecule has 2 bridgehead atoms. The summed E-state index contributed by atoms with van der Waals surface area (Å²) in [6.45, 7) is 7.83. The van der Waals surface area contributed by atoms with E-state index < -0.39 is 41.0 Å². The van der Waals surface area contributed by atoms with Crippen molar-refractivity contribution < 1.29 is 24.2 Å². The number of likely N-dealkylation sites (tertiary alicyclic amines) is 1. The first-order valence-electron chi connectivity index (χ1n) is 12.1. The third-order valence-corrected chi connectivity index (χ3v) is 8.07. The molecule has 3 aliphatic heterocycles. The molecule has 8 nitrogen and oxygen atoms in total. The SMILES string of the molecule is CCCNC(=O)[C@H]1[C@H]2C(=O)N([C@@H](CO)C(C)C)C(C(=O)Nc3ccccc3Cl)C23CC[C@]1(C)O3. The van der Waals surface area contributed by atoms with E-state index in [2.05, 4.69) is 10.6 Å². The van der Waals surface area contributed by atoms with Crippen LogP contribution in [-0.4, -0.2) is 64.2 Å². The highest BCUT2D eigenvalue weighted by Crippen LogP contribution is 2.63. The molecule has 186 valence electrons. The molecular formula is C25H34ClN3O5. The number of aliphatic hydroxyl groups excluding tert-OH is 1. The van der Waals surface area contributed by atoms with Gasteiger partial charge in [0.15, 0.2) is 0 Å².